The summed E-state index contributed by atoms with van der Waals surface area (Å²) in [6, 6.07) is 0. The van der Waals surface area contributed by atoms with Crippen molar-refractivity contribution in [2.75, 3.05) is 4.43 Å². The number of alkyl halides is 1. The zero-order valence-electron chi connectivity index (χ0n) is 24.0. The Balaban J connectivity index is -0.000000107. The minimum Gasteiger partial charge on any atom is 0 e. The van der Waals surface area contributed by atoms with E-state index in [2.05, 4.69) is 130 Å². The fourth-order valence-electron chi connectivity index (χ4n) is 4.44. The maximum absolute atomic E-state index is 12.1. The number of hydrogen-bond donors (Lipinski definition) is 0. The number of hydrogen-bond acceptors (Lipinski definition) is 2. The summed E-state index contributed by atoms with van der Waals surface area (Å²) in [5.74, 6) is 0.302. The minimum atomic E-state index is -1.95. The molecule has 4 radical (unpaired) electrons. The quantitative estimate of drug-likeness (QED) is 0.0666. The van der Waals surface area contributed by atoms with Gasteiger partial charge in [-0.3, -0.25) is 4.79 Å². The molecule has 0 aromatic carbocycles. The standard InChI is InChI=1S/C22H37IO2Si.6CO.2Co/c1-16(2)26(17(3)4,18(5)6)25-14-19-10-9-11-21(24)12-20(19)13-22(7,8)15-23;6*1-2;;/h14,16-18,20H,10,12-13,15H2,1-8H3;;;;;;;;/b19-14+;;;;;;;;. The summed E-state index contributed by atoms with van der Waals surface area (Å²) in [6.45, 7) is 45.4. The number of rotatable bonds is 8. The molecule has 0 saturated heterocycles. The van der Waals surface area contributed by atoms with E-state index in [4.69, 9.17) is 32.3 Å². The van der Waals surface area contributed by atoms with Crippen LogP contribution in [0.25, 0.3) is 0 Å². The molecule has 0 bridgehead atoms. The Labute approximate surface area is 276 Å². The molecule has 1 rings (SSSR count). The van der Waals surface area contributed by atoms with Gasteiger partial charge in [0.15, 0.2) is 5.78 Å². The molecular formula is C28H37Co2IO8Si. The fourth-order valence-corrected chi connectivity index (χ4v) is 9.93. The molecule has 12 heteroatoms. The molecule has 8 nitrogen and oxygen atoms in total. The number of allylic oxidation sites excluding steroid dienone is 3. The average Bonchev–Trinajstić information content (AvgIpc) is 3.10. The molecule has 0 heterocycles. The van der Waals surface area contributed by atoms with Crippen molar-refractivity contribution in [3.05, 3.63) is 63.9 Å². The first-order valence-corrected chi connectivity index (χ1v) is 14.8. The van der Waals surface area contributed by atoms with E-state index in [0.717, 1.165) is 10.8 Å². The van der Waals surface area contributed by atoms with E-state index in [1.165, 1.54) is 5.57 Å². The number of Topliss-reactive ketones (excluding diaryl/α,β-unsaturated/α-hetero) is 1. The Bertz CT molecular complexity index is 727. The summed E-state index contributed by atoms with van der Waals surface area (Å²) in [7, 11) is -1.95. The van der Waals surface area contributed by atoms with Gasteiger partial charge in [-0.1, -0.05) is 78.0 Å². The second-order valence-corrected chi connectivity index (χ2v) is 15.6. The Morgan fingerprint density at radius 1 is 0.875 bits per heavy atom. The molecule has 0 aliphatic heterocycles. The van der Waals surface area contributed by atoms with Gasteiger partial charge >= 0.3 is 67.8 Å². The van der Waals surface area contributed by atoms with Crippen molar-refractivity contribution < 1.29 is 70.7 Å². The molecule has 1 atom stereocenters. The van der Waals surface area contributed by atoms with Gasteiger partial charge in [0.25, 0.3) is 8.32 Å². The van der Waals surface area contributed by atoms with Crippen molar-refractivity contribution in [3.8, 4) is 0 Å². The van der Waals surface area contributed by atoms with Crippen LogP contribution in [0, 0.1) is 63.4 Å². The molecule has 40 heavy (non-hydrogen) atoms. The van der Waals surface area contributed by atoms with Gasteiger partial charge < -0.3 is 4.43 Å². The van der Waals surface area contributed by atoms with Crippen LogP contribution in [-0.2, 0) is 70.7 Å². The smallest absolute Gasteiger partial charge is 0 e. The molecule has 1 aliphatic carbocycles. The van der Waals surface area contributed by atoms with E-state index in [1.807, 2.05) is 6.26 Å². The third-order valence-corrected chi connectivity index (χ3v) is 13.8. The van der Waals surface area contributed by atoms with Crippen LogP contribution in [0.5, 0.6) is 0 Å². The number of halogens is 1. The summed E-state index contributed by atoms with van der Waals surface area (Å²) in [5.41, 5.74) is 3.06. The van der Waals surface area contributed by atoms with Gasteiger partial charge in [-0.2, -0.15) is 0 Å². The Morgan fingerprint density at radius 2 is 1.23 bits per heavy atom. The van der Waals surface area contributed by atoms with Crippen LogP contribution < -0.4 is 0 Å². The maximum Gasteiger partial charge on any atom is 0 e. The zero-order chi connectivity index (χ0) is 32.1. The van der Waals surface area contributed by atoms with Gasteiger partial charge in [0, 0.05) is 50.5 Å². The van der Waals surface area contributed by atoms with Gasteiger partial charge in [0.1, 0.15) is 0 Å². The van der Waals surface area contributed by atoms with Gasteiger partial charge in [0.05, 0.1) is 6.26 Å². The summed E-state index contributed by atoms with van der Waals surface area (Å²) in [4.78, 5) is 12.1. The monoisotopic (exact) mass is 774 g/mol. The largest absolute Gasteiger partial charge is 0 e. The SMILES string of the molecule is CC(C)[Si](O/C=C1\C[C]=[C]C(=O)CC1CC(C)(C)CI)(C(C)C)C(C)C.[C-]#[O+].[C-]#[O+].[C-]#[O+].[C-]#[O+].[C-]#[O+].[C-]#[O+].[Co].[Co]. The van der Waals surface area contributed by atoms with Crippen LogP contribution in [0.3, 0.4) is 0 Å². The van der Waals surface area contributed by atoms with Crippen molar-refractivity contribution in [1.82, 2.24) is 0 Å². The summed E-state index contributed by atoms with van der Waals surface area (Å²) >= 11 is 2.45. The molecule has 0 amide bonds. The van der Waals surface area contributed by atoms with Crippen molar-refractivity contribution >= 4 is 36.7 Å². The predicted octanol–water partition coefficient (Wildman–Crippen LogP) is 6.83. The molecule has 0 N–H and O–H groups in total. The van der Waals surface area contributed by atoms with Crippen LogP contribution in [0.1, 0.15) is 74.7 Å². The van der Waals surface area contributed by atoms with E-state index in [0.29, 0.717) is 29.5 Å². The van der Waals surface area contributed by atoms with Crippen molar-refractivity contribution in [2.24, 2.45) is 11.3 Å². The molecule has 0 aromatic rings. The van der Waals surface area contributed by atoms with E-state index in [9.17, 15) is 4.79 Å². The molecule has 0 spiro atoms. The van der Waals surface area contributed by atoms with Crippen LogP contribution in [-0.4, -0.2) is 18.5 Å². The van der Waals surface area contributed by atoms with Gasteiger partial charge in [-0.15, -0.1) is 0 Å². The van der Waals surface area contributed by atoms with Crippen LogP contribution >= 0.6 is 22.6 Å². The Morgan fingerprint density at radius 3 is 1.52 bits per heavy atom. The molecular weight excluding hydrogens is 737 g/mol. The molecule has 226 valence electrons. The summed E-state index contributed by atoms with van der Waals surface area (Å²) in [6.07, 6.45) is 10.1. The van der Waals surface area contributed by atoms with Gasteiger partial charge in [-0.25, -0.2) is 0 Å². The van der Waals surface area contributed by atoms with Crippen LogP contribution in [0.2, 0.25) is 16.6 Å². The third kappa shape index (κ3) is 24.0. The second-order valence-electron chi connectivity index (χ2n) is 9.43. The maximum atomic E-state index is 12.1. The molecule has 0 aromatic heterocycles. The second kappa shape index (κ2) is 38.3. The topological polar surface area (TPSA) is 146 Å². The predicted molar refractivity (Wildman–Crippen MR) is 145 cm³/mol. The van der Waals surface area contributed by atoms with E-state index in [1.54, 1.807) is 0 Å². The van der Waals surface area contributed by atoms with Gasteiger partial charge in [-0.05, 0) is 52.4 Å². The van der Waals surface area contributed by atoms with Crippen LogP contribution in [0.4, 0.5) is 0 Å². The zero-order valence-corrected chi connectivity index (χ0v) is 29.3. The van der Waals surface area contributed by atoms with Crippen molar-refractivity contribution in [1.29, 1.82) is 0 Å². The molecule has 1 aliphatic rings. The van der Waals surface area contributed by atoms with Crippen LogP contribution in [0.15, 0.2) is 11.8 Å². The number of carbonyl (C=O) groups excluding carboxylic acids is 1. The molecule has 0 fully saturated rings. The fraction of sp³-hybridized carbons (Fsp3) is 0.607. The molecule has 1 unspecified atom stereocenters. The van der Waals surface area contributed by atoms with Crippen molar-refractivity contribution in [2.45, 2.75) is 91.3 Å². The molecule has 0 saturated carbocycles. The van der Waals surface area contributed by atoms with E-state index >= 15 is 0 Å². The van der Waals surface area contributed by atoms with E-state index in [-0.39, 0.29) is 50.7 Å². The summed E-state index contributed by atoms with van der Waals surface area (Å²) in [5, 5.41) is 0. The first-order valence-electron chi connectivity index (χ1n) is 11.1. The number of ketones is 1. The normalized spacial score (nSPS) is 14.1. The third-order valence-electron chi connectivity index (χ3n) is 5.76. The number of carbonyl (C=O) groups is 1. The van der Waals surface area contributed by atoms with E-state index < -0.39 is 8.32 Å². The summed E-state index contributed by atoms with van der Waals surface area (Å²) < 4.78 is 52.8. The Hall–Kier alpha value is -0.650. The van der Waals surface area contributed by atoms with Gasteiger partial charge in [0.2, 0.25) is 0 Å². The first-order chi connectivity index (χ1) is 18.0. The minimum absolute atomic E-state index is 0. The van der Waals surface area contributed by atoms with Crippen molar-refractivity contribution in [3.63, 3.8) is 0 Å². The average molecular weight is 774 g/mol. The first kappa shape index (κ1) is 58.9. The Kier molecular flexibility index (Phi) is 56.5.